The smallest absolute Gasteiger partial charge is 0.308 e. The highest BCUT2D eigenvalue weighted by Crippen LogP contribution is 2.26. The van der Waals surface area contributed by atoms with E-state index in [-0.39, 0.29) is 11.9 Å². The Balaban J connectivity index is 2.51. The maximum absolute atomic E-state index is 11.5. The average molecular weight is 213 g/mol. The van der Waals surface area contributed by atoms with Crippen LogP contribution >= 0.6 is 0 Å². The Hall–Kier alpha value is -0.570. The van der Waals surface area contributed by atoms with Gasteiger partial charge < -0.3 is 9.64 Å². The zero-order valence-corrected chi connectivity index (χ0v) is 10.3. The number of esters is 1. The van der Waals surface area contributed by atoms with Gasteiger partial charge >= 0.3 is 5.97 Å². The largest absolute Gasteiger partial charge is 0.469 e. The van der Waals surface area contributed by atoms with Gasteiger partial charge in [-0.15, -0.1) is 0 Å². The molecule has 88 valence electrons. The van der Waals surface area contributed by atoms with E-state index in [0.717, 1.165) is 19.4 Å². The van der Waals surface area contributed by atoms with Crippen molar-refractivity contribution in [2.24, 2.45) is 11.8 Å². The lowest BCUT2D eigenvalue weighted by Gasteiger charge is -2.36. The van der Waals surface area contributed by atoms with E-state index >= 15 is 0 Å². The summed E-state index contributed by atoms with van der Waals surface area (Å²) < 4.78 is 4.82. The van der Waals surface area contributed by atoms with Crippen LogP contribution in [0.2, 0.25) is 0 Å². The Morgan fingerprint density at radius 2 is 2.20 bits per heavy atom. The lowest BCUT2D eigenvalue weighted by molar-refractivity contribution is -0.147. The molecule has 0 N–H and O–H groups in total. The summed E-state index contributed by atoms with van der Waals surface area (Å²) in [4.78, 5) is 13.8. The molecule has 0 saturated carbocycles. The van der Waals surface area contributed by atoms with Gasteiger partial charge in [-0.2, -0.15) is 0 Å². The van der Waals surface area contributed by atoms with Gasteiger partial charge in [-0.25, -0.2) is 0 Å². The summed E-state index contributed by atoms with van der Waals surface area (Å²) in [5.41, 5.74) is 0. The first-order valence-corrected chi connectivity index (χ1v) is 5.82. The lowest BCUT2D eigenvalue weighted by atomic mass is 9.87. The van der Waals surface area contributed by atoms with Crippen molar-refractivity contribution < 1.29 is 9.53 Å². The molecule has 15 heavy (non-hydrogen) atoms. The molecular weight excluding hydrogens is 190 g/mol. The number of methoxy groups -OCH3 is 1. The van der Waals surface area contributed by atoms with E-state index in [2.05, 4.69) is 25.8 Å². The van der Waals surface area contributed by atoms with Crippen molar-refractivity contribution >= 4 is 5.97 Å². The first-order chi connectivity index (χ1) is 7.04. The second-order valence-electron chi connectivity index (χ2n) is 5.01. The van der Waals surface area contributed by atoms with Crippen molar-refractivity contribution in [3.05, 3.63) is 0 Å². The minimum atomic E-state index is -0.0307. The monoisotopic (exact) mass is 213 g/mol. The molecule has 0 amide bonds. The Labute approximate surface area is 92.8 Å². The number of carbonyl (C=O) groups excluding carboxylic acids is 1. The van der Waals surface area contributed by atoms with Crippen molar-refractivity contribution in [1.82, 2.24) is 4.90 Å². The van der Waals surface area contributed by atoms with Gasteiger partial charge in [0.1, 0.15) is 0 Å². The molecule has 0 aromatic heterocycles. The van der Waals surface area contributed by atoms with E-state index in [4.69, 9.17) is 4.74 Å². The highest BCUT2D eigenvalue weighted by molar-refractivity contribution is 5.72. The summed E-state index contributed by atoms with van der Waals surface area (Å²) in [6, 6.07) is 0.544. The Bertz CT molecular complexity index is 216. The fraction of sp³-hybridized carbons (Fsp3) is 0.917. The average Bonchev–Trinajstić information content (AvgIpc) is 2.19. The van der Waals surface area contributed by atoms with Crippen LogP contribution in [0.15, 0.2) is 0 Å². The van der Waals surface area contributed by atoms with Crippen LogP contribution in [0.4, 0.5) is 0 Å². The molecule has 2 atom stereocenters. The van der Waals surface area contributed by atoms with Gasteiger partial charge in [0, 0.05) is 6.04 Å². The molecule has 1 fully saturated rings. The molecular formula is C12H23NO2. The number of ether oxygens (including phenoxy) is 1. The summed E-state index contributed by atoms with van der Waals surface area (Å²) in [7, 11) is 3.64. The quantitative estimate of drug-likeness (QED) is 0.671. The summed E-state index contributed by atoms with van der Waals surface area (Å²) in [6.45, 7) is 5.47. The molecule has 0 aliphatic carbocycles. The molecule has 1 aliphatic heterocycles. The molecule has 3 nitrogen and oxygen atoms in total. The van der Waals surface area contributed by atoms with E-state index in [1.807, 2.05) is 0 Å². The summed E-state index contributed by atoms with van der Waals surface area (Å²) in [6.07, 6.45) is 3.07. The third kappa shape index (κ3) is 3.49. The van der Waals surface area contributed by atoms with E-state index in [1.165, 1.54) is 13.5 Å². The molecule has 1 rings (SSSR count). The highest BCUT2D eigenvalue weighted by atomic mass is 16.5. The summed E-state index contributed by atoms with van der Waals surface area (Å²) in [5, 5.41) is 0. The van der Waals surface area contributed by atoms with Crippen LogP contribution in [0.3, 0.4) is 0 Å². The van der Waals surface area contributed by atoms with Crippen LogP contribution in [0.5, 0.6) is 0 Å². The molecule has 0 spiro atoms. The molecule has 0 aromatic rings. The van der Waals surface area contributed by atoms with Crippen LogP contribution in [0.25, 0.3) is 0 Å². The van der Waals surface area contributed by atoms with Crippen molar-refractivity contribution in [2.45, 2.75) is 39.2 Å². The third-order valence-electron chi connectivity index (χ3n) is 3.29. The van der Waals surface area contributed by atoms with Gasteiger partial charge in [-0.1, -0.05) is 13.8 Å². The molecule has 0 aromatic carbocycles. The normalized spacial score (nSPS) is 28.1. The predicted molar refractivity (Wildman–Crippen MR) is 60.6 cm³/mol. The number of nitrogens with zero attached hydrogens (tertiary/aromatic N) is 1. The first kappa shape index (κ1) is 12.5. The van der Waals surface area contributed by atoms with E-state index < -0.39 is 0 Å². The number of likely N-dealkylation sites (tertiary alicyclic amines) is 1. The molecule has 1 aliphatic rings. The van der Waals surface area contributed by atoms with Gasteiger partial charge in [0.05, 0.1) is 13.0 Å². The number of hydrogen-bond acceptors (Lipinski definition) is 3. The van der Waals surface area contributed by atoms with Crippen LogP contribution in [-0.2, 0) is 9.53 Å². The standard InChI is InChI=1S/C12H23NO2/c1-9(2)7-11-8-10(12(14)15-4)5-6-13(11)3/h9-11H,5-8H2,1-4H3. The zero-order chi connectivity index (χ0) is 11.4. The number of rotatable bonds is 3. The topological polar surface area (TPSA) is 29.5 Å². The second-order valence-corrected chi connectivity index (χ2v) is 5.01. The second kappa shape index (κ2) is 5.50. The Morgan fingerprint density at radius 1 is 1.53 bits per heavy atom. The maximum Gasteiger partial charge on any atom is 0.308 e. The fourth-order valence-corrected chi connectivity index (χ4v) is 2.37. The van der Waals surface area contributed by atoms with E-state index in [1.54, 1.807) is 0 Å². The molecule has 2 unspecified atom stereocenters. The van der Waals surface area contributed by atoms with E-state index in [0.29, 0.717) is 12.0 Å². The van der Waals surface area contributed by atoms with Crippen LogP contribution in [0, 0.1) is 11.8 Å². The molecule has 1 heterocycles. The fourth-order valence-electron chi connectivity index (χ4n) is 2.37. The number of hydrogen-bond donors (Lipinski definition) is 0. The van der Waals surface area contributed by atoms with Gasteiger partial charge in [-0.05, 0) is 38.8 Å². The Kier molecular flexibility index (Phi) is 4.58. The van der Waals surface area contributed by atoms with Crippen molar-refractivity contribution in [1.29, 1.82) is 0 Å². The number of piperidine rings is 1. The van der Waals surface area contributed by atoms with Gasteiger partial charge in [0.2, 0.25) is 0 Å². The van der Waals surface area contributed by atoms with E-state index in [9.17, 15) is 4.79 Å². The van der Waals surface area contributed by atoms with Crippen LogP contribution < -0.4 is 0 Å². The van der Waals surface area contributed by atoms with Crippen LogP contribution in [-0.4, -0.2) is 37.6 Å². The van der Waals surface area contributed by atoms with Crippen molar-refractivity contribution in [3.8, 4) is 0 Å². The third-order valence-corrected chi connectivity index (χ3v) is 3.29. The highest BCUT2D eigenvalue weighted by Gasteiger charge is 2.31. The Morgan fingerprint density at radius 3 is 2.73 bits per heavy atom. The van der Waals surface area contributed by atoms with Crippen LogP contribution in [0.1, 0.15) is 33.1 Å². The number of carbonyl (C=O) groups is 1. The molecule has 1 saturated heterocycles. The maximum atomic E-state index is 11.5. The molecule has 0 bridgehead atoms. The first-order valence-electron chi connectivity index (χ1n) is 5.82. The van der Waals surface area contributed by atoms with Crippen molar-refractivity contribution in [2.75, 3.05) is 20.7 Å². The van der Waals surface area contributed by atoms with Gasteiger partial charge in [-0.3, -0.25) is 4.79 Å². The lowest BCUT2D eigenvalue weighted by Crippen LogP contribution is -2.42. The van der Waals surface area contributed by atoms with Gasteiger partial charge in [0.25, 0.3) is 0 Å². The zero-order valence-electron chi connectivity index (χ0n) is 10.3. The minimum absolute atomic E-state index is 0.0307. The SMILES string of the molecule is COC(=O)C1CCN(C)C(CC(C)C)C1. The van der Waals surface area contributed by atoms with Gasteiger partial charge in [0.15, 0.2) is 0 Å². The van der Waals surface area contributed by atoms with Crippen molar-refractivity contribution in [3.63, 3.8) is 0 Å². The summed E-state index contributed by atoms with van der Waals surface area (Å²) in [5.74, 6) is 0.778. The molecule has 0 radical (unpaired) electrons. The summed E-state index contributed by atoms with van der Waals surface area (Å²) >= 11 is 0. The predicted octanol–water partition coefficient (Wildman–Crippen LogP) is 1.92. The minimum Gasteiger partial charge on any atom is -0.469 e. The molecule has 3 heteroatoms.